The minimum Gasteiger partial charge on any atom is -0.375 e. The van der Waals surface area contributed by atoms with E-state index in [2.05, 4.69) is 5.32 Å². The summed E-state index contributed by atoms with van der Waals surface area (Å²) >= 11 is 0. The van der Waals surface area contributed by atoms with Crippen LogP contribution in [0.25, 0.3) is 0 Å². The predicted octanol–water partition coefficient (Wildman–Crippen LogP) is 0.700. The van der Waals surface area contributed by atoms with Crippen molar-refractivity contribution in [1.82, 2.24) is 4.90 Å². The van der Waals surface area contributed by atoms with Crippen molar-refractivity contribution in [3.8, 4) is 0 Å². The van der Waals surface area contributed by atoms with Crippen LogP contribution in [0, 0.1) is 0 Å². The molecule has 0 aromatic heterocycles. The Bertz CT molecular complexity index is 745. The molecule has 1 aromatic carbocycles. The second kappa shape index (κ2) is 7.65. The van der Waals surface area contributed by atoms with Crippen LogP contribution in [0.5, 0.6) is 0 Å². The van der Waals surface area contributed by atoms with Gasteiger partial charge in [-0.25, -0.2) is 0 Å². The number of aryl methyl sites for hydroxylation is 1. The van der Waals surface area contributed by atoms with Gasteiger partial charge in [0.15, 0.2) is 0 Å². The lowest BCUT2D eigenvalue weighted by atomic mass is 10.0. The average molecular weight is 359 g/mol. The first-order valence-electron chi connectivity index (χ1n) is 8.55. The molecule has 0 atom stereocenters. The Hall–Kier alpha value is -2.74. The number of carbonyl (C=O) groups is 4. The van der Waals surface area contributed by atoms with Gasteiger partial charge < -0.3 is 15.0 Å². The highest BCUT2D eigenvalue weighted by Gasteiger charge is 2.30. The van der Waals surface area contributed by atoms with E-state index in [0.717, 1.165) is 29.0 Å². The van der Waals surface area contributed by atoms with E-state index in [4.69, 9.17) is 4.74 Å². The van der Waals surface area contributed by atoms with Crippen LogP contribution in [-0.4, -0.2) is 55.3 Å². The molecule has 1 fully saturated rings. The molecule has 4 amide bonds. The van der Waals surface area contributed by atoms with Crippen molar-refractivity contribution in [3.05, 3.63) is 23.8 Å². The number of amides is 4. The minimum absolute atomic E-state index is 0.00475. The molecule has 3 rings (SSSR count). The maximum Gasteiger partial charge on any atom is 0.252 e. The number of methoxy groups -OCH3 is 1. The average Bonchev–Trinajstić information content (AvgIpc) is 2.93. The third-order valence-electron chi connectivity index (χ3n) is 4.51. The van der Waals surface area contributed by atoms with Crippen LogP contribution in [0.15, 0.2) is 18.2 Å². The van der Waals surface area contributed by atoms with E-state index in [9.17, 15) is 19.2 Å². The summed E-state index contributed by atoms with van der Waals surface area (Å²) < 4.78 is 4.93. The molecule has 0 unspecified atom stereocenters. The number of rotatable bonds is 5. The predicted molar refractivity (Wildman–Crippen MR) is 93.6 cm³/mol. The van der Waals surface area contributed by atoms with Gasteiger partial charge in [-0.15, -0.1) is 0 Å². The number of hydrogen-bond acceptors (Lipinski definition) is 5. The number of fused-ring (bicyclic) bond motifs is 1. The molecule has 2 heterocycles. The smallest absolute Gasteiger partial charge is 0.252 e. The quantitative estimate of drug-likeness (QED) is 0.781. The van der Waals surface area contributed by atoms with Gasteiger partial charge in [0, 0.05) is 37.9 Å². The maximum absolute atomic E-state index is 12.2. The summed E-state index contributed by atoms with van der Waals surface area (Å²) in [6.45, 7) is 0.305. The molecule has 1 aromatic rings. The SMILES string of the molecule is COCC(=O)N1CCCc2ccc(NC(=O)CN3C(=O)CCC3=O)cc21. The number of imide groups is 1. The van der Waals surface area contributed by atoms with E-state index in [1.54, 1.807) is 17.0 Å². The molecule has 0 spiro atoms. The fourth-order valence-corrected chi connectivity index (χ4v) is 3.26. The van der Waals surface area contributed by atoms with Gasteiger partial charge in [0.1, 0.15) is 13.2 Å². The zero-order valence-corrected chi connectivity index (χ0v) is 14.6. The van der Waals surface area contributed by atoms with E-state index < -0.39 is 5.91 Å². The van der Waals surface area contributed by atoms with Crippen LogP contribution in [-0.2, 0) is 30.3 Å². The first-order valence-corrected chi connectivity index (χ1v) is 8.55. The van der Waals surface area contributed by atoms with Crippen molar-refractivity contribution >= 4 is 35.0 Å². The molecule has 8 heteroatoms. The van der Waals surface area contributed by atoms with Gasteiger partial charge in [-0.3, -0.25) is 24.1 Å². The van der Waals surface area contributed by atoms with Crippen molar-refractivity contribution in [2.45, 2.75) is 25.7 Å². The van der Waals surface area contributed by atoms with Crippen molar-refractivity contribution in [1.29, 1.82) is 0 Å². The monoisotopic (exact) mass is 359 g/mol. The normalized spacial score (nSPS) is 16.7. The molecule has 0 aliphatic carbocycles. The van der Waals surface area contributed by atoms with Crippen molar-refractivity contribution in [2.75, 3.05) is 37.0 Å². The molecule has 1 saturated heterocycles. The molecule has 1 N–H and O–H groups in total. The topological polar surface area (TPSA) is 96.0 Å². The van der Waals surface area contributed by atoms with Crippen molar-refractivity contribution in [3.63, 3.8) is 0 Å². The van der Waals surface area contributed by atoms with E-state index in [1.807, 2.05) is 6.07 Å². The van der Waals surface area contributed by atoms with E-state index in [0.29, 0.717) is 12.2 Å². The Kier molecular flexibility index (Phi) is 5.32. The number of nitrogens with zero attached hydrogens (tertiary/aromatic N) is 2. The van der Waals surface area contributed by atoms with Crippen LogP contribution >= 0.6 is 0 Å². The third kappa shape index (κ3) is 3.75. The molecule has 8 nitrogen and oxygen atoms in total. The summed E-state index contributed by atoms with van der Waals surface area (Å²) in [6.07, 6.45) is 2.04. The van der Waals surface area contributed by atoms with Crippen LogP contribution < -0.4 is 10.2 Å². The van der Waals surface area contributed by atoms with Gasteiger partial charge in [0.05, 0.1) is 0 Å². The molecule has 0 bridgehead atoms. The summed E-state index contributed by atoms with van der Waals surface area (Å²) in [5, 5.41) is 2.70. The maximum atomic E-state index is 12.2. The van der Waals surface area contributed by atoms with Gasteiger partial charge in [-0.05, 0) is 30.5 Å². The lowest BCUT2D eigenvalue weighted by Gasteiger charge is -2.30. The molecule has 0 radical (unpaired) electrons. The fourth-order valence-electron chi connectivity index (χ4n) is 3.26. The number of benzene rings is 1. The number of ether oxygens (including phenoxy) is 1. The number of nitrogens with one attached hydrogen (secondary N) is 1. The van der Waals surface area contributed by atoms with Gasteiger partial charge >= 0.3 is 0 Å². The Morgan fingerprint density at radius 1 is 1.15 bits per heavy atom. The van der Waals surface area contributed by atoms with Crippen molar-refractivity contribution < 1.29 is 23.9 Å². The number of hydrogen-bond donors (Lipinski definition) is 1. The zero-order valence-electron chi connectivity index (χ0n) is 14.6. The minimum atomic E-state index is -0.445. The van der Waals surface area contributed by atoms with Gasteiger partial charge in [-0.2, -0.15) is 0 Å². The summed E-state index contributed by atoms with van der Waals surface area (Å²) in [6, 6.07) is 5.38. The van der Waals surface area contributed by atoms with Gasteiger partial charge in [0.25, 0.3) is 5.91 Å². The summed E-state index contributed by atoms with van der Waals surface area (Å²) in [5.74, 6) is -1.23. The van der Waals surface area contributed by atoms with E-state index in [1.165, 1.54) is 7.11 Å². The highest BCUT2D eigenvalue weighted by molar-refractivity contribution is 6.06. The van der Waals surface area contributed by atoms with Crippen LogP contribution in [0.1, 0.15) is 24.8 Å². The van der Waals surface area contributed by atoms with Crippen LogP contribution in [0.2, 0.25) is 0 Å². The Morgan fingerprint density at radius 3 is 2.58 bits per heavy atom. The lowest BCUT2D eigenvalue weighted by molar-refractivity contribution is -0.141. The van der Waals surface area contributed by atoms with Gasteiger partial charge in [-0.1, -0.05) is 6.07 Å². The number of likely N-dealkylation sites (tertiary alicyclic amines) is 1. The van der Waals surface area contributed by atoms with Gasteiger partial charge in [0.2, 0.25) is 17.7 Å². The standard InChI is InChI=1S/C18H21N3O5/c1-26-11-18(25)20-8-2-3-12-4-5-13(9-14(12)20)19-15(22)10-21-16(23)6-7-17(21)24/h4-5,9H,2-3,6-8,10-11H2,1H3,(H,19,22). The molecule has 138 valence electrons. The Morgan fingerprint density at radius 2 is 1.88 bits per heavy atom. The molecule has 26 heavy (non-hydrogen) atoms. The van der Waals surface area contributed by atoms with E-state index in [-0.39, 0.29) is 43.7 Å². The summed E-state index contributed by atoms with van der Waals surface area (Å²) in [4.78, 5) is 50.3. The second-order valence-corrected chi connectivity index (χ2v) is 6.35. The third-order valence-corrected chi connectivity index (χ3v) is 4.51. The zero-order chi connectivity index (χ0) is 18.7. The Balaban J connectivity index is 1.72. The molecule has 0 saturated carbocycles. The number of anilines is 2. The molecule has 2 aliphatic rings. The highest BCUT2D eigenvalue weighted by atomic mass is 16.5. The first-order chi connectivity index (χ1) is 12.5. The van der Waals surface area contributed by atoms with Crippen LogP contribution in [0.4, 0.5) is 11.4 Å². The largest absolute Gasteiger partial charge is 0.375 e. The first kappa shape index (κ1) is 18.1. The van der Waals surface area contributed by atoms with Crippen molar-refractivity contribution in [2.24, 2.45) is 0 Å². The summed E-state index contributed by atoms with van der Waals surface area (Å²) in [5.41, 5.74) is 2.30. The fraction of sp³-hybridized carbons (Fsp3) is 0.444. The summed E-state index contributed by atoms with van der Waals surface area (Å²) in [7, 11) is 1.47. The lowest BCUT2D eigenvalue weighted by Crippen LogP contribution is -2.38. The molecular formula is C18H21N3O5. The highest BCUT2D eigenvalue weighted by Crippen LogP contribution is 2.30. The molecular weight excluding hydrogens is 338 g/mol. The van der Waals surface area contributed by atoms with Crippen LogP contribution in [0.3, 0.4) is 0 Å². The van der Waals surface area contributed by atoms with E-state index >= 15 is 0 Å². The molecule has 2 aliphatic heterocycles. The number of carbonyl (C=O) groups excluding carboxylic acids is 4. The second-order valence-electron chi connectivity index (χ2n) is 6.35. The Labute approximate surface area is 151 Å².